The molecule has 23 heavy (non-hydrogen) atoms. The zero-order valence-electron chi connectivity index (χ0n) is 15.0. The van der Waals surface area contributed by atoms with E-state index in [1.165, 1.54) is 4.90 Å². The molecule has 1 aliphatic heterocycles. The van der Waals surface area contributed by atoms with Crippen LogP contribution in [-0.4, -0.2) is 53.0 Å². The lowest BCUT2D eigenvalue weighted by Crippen LogP contribution is -2.44. The molecule has 0 saturated carbocycles. The quantitative estimate of drug-likeness (QED) is 0.634. The van der Waals surface area contributed by atoms with Gasteiger partial charge in [-0.3, -0.25) is 4.90 Å². The number of allylic oxidation sites excluding steroid dienone is 1. The summed E-state index contributed by atoms with van der Waals surface area (Å²) in [5, 5.41) is 10.2. The summed E-state index contributed by atoms with van der Waals surface area (Å²) in [6.07, 6.45) is 0.931. The topological polar surface area (TPSA) is 76.1 Å². The third-order valence-electron chi connectivity index (χ3n) is 3.23. The van der Waals surface area contributed by atoms with Gasteiger partial charge in [-0.05, 0) is 38.7 Å². The van der Waals surface area contributed by atoms with E-state index in [2.05, 4.69) is 0 Å². The molecule has 1 fully saturated rings. The first kappa shape index (κ1) is 19.5. The van der Waals surface area contributed by atoms with E-state index in [-0.39, 0.29) is 19.1 Å². The van der Waals surface area contributed by atoms with Crippen molar-refractivity contribution in [3.8, 4) is 0 Å². The fraction of sp³-hybridized carbons (Fsp3) is 0.765. The van der Waals surface area contributed by atoms with E-state index < -0.39 is 29.8 Å². The second-order valence-corrected chi connectivity index (χ2v) is 7.19. The number of hydrogen-bond donors (Lipinski definition) is 1. The molecule has 6 nitrogen and oxygen atoms in total. The van der Waals surface area contributed by atoms with E-state index >= 15 is 0 Å². The molecule has 1 N–H and O–H groups in total. The maximum absolute atomic E-state index is 12.4. The summed E-state index contributed by atoms with van der Waals surface area (Å²) in [5.41, 5.74) is -0.168. The van der Waals surface area contributed by atoms with Gasteiger partial charge in [-0.2, -0.15) is 0 Å². The summed E-state index contributed by atoms with van der Waals surface area (Å²) in [6, 6.07) is -0.918. The van der Waals surface area contributed by atoms with Crippen LogP contribution in [0, 0.1) is 5.92 Å². The van der Waals surface area contributed by atoms with Crippen LogP contribution < -0.4 is 0 Å². The molecule has 0 bridgehead atoms. The van der Waals surface area contributed by atoms with Gasteiger partial charge >= 0.3 is 12.1 Å². The van der Waals surface area contributed by atoms with Crippen molar-refractivity contribution in [3.05, 3.63) is 11.6 Å². The van der Waals surface area contributed by atoms with E-state index in [4.69, 9.17) is 9.47 Å². The fourth-order valence-electron chi connectivity index (χ4n) is 2.33. The summed E-state index contributed by atoms with van der Waals surface area (Å²) in [5.74, 6) is -0.334. The number of carbonyl (C=O) groups excluding carboxylic acids is 2. The summed E-state index contributed by atoms with van der Waals surface area (Å²) < 4.78 is 10.6. The molecule has 0 aromatic carbocycles. The molecule has 1 heterocycles. The van der Waals surface area contributed by atoms with Gasteiger partial charge in [0.1, 0.15) is 5.60 Å². The summed E-state index contributed by atoms with van der Waals surface area (Å²) in [6.45, 7) is 11.4. The summed E-state index contributed by atoms with van der Waals surface area (Å²) in [7, 11) is 0. The average molecular weight is 327 g/mol. The Hall–Kier alpha value is -1.56. The van der Waals surface area contributed by atoms with E-state index in [1.54, 1.807) is 26.8 Å². The number of likely N-dealkylation sites (tertiary alicyclic amines) is 1. The molecule has 0 unspecified atom stereocenters. The highest BCUT2D eigenvalue weighted by Crippen LogP contribution is 2.28. The van der Waals surface area contributed by atoms with E-state index in [0.717, 1.165) is 0 Å². The van der Waals surface area contributed by atoms with Crippen molar-refractivity contribution in [3.63, 3.8) is 0 Å². The highest BCUT2D eigenvalue weighted by atomic mass is 16.6. The van der Waals surface area contributed by atoms with Crippen molar-refractivity contribution in [1.29, 1.82) is 0 Å². The van der Waals surface area contributed by atoms with Crippen LogP contribution >= 0.6 is 0 Å². The molecule has 132 valence electrons. The summed E-state index contributed by atoms with van der Waals surface area (Å²) >= 11 is 0. The van der Waals surface area contributed by atoms with Crippen LogP contribution in [0.25, 0.3) is 0 Å². The Kier molecular flexibility index (Phi) is 6.62. The number of β-amino-alcohol motifs (C(OH)–C–C–N with tert-alkyl or cyclic N) is 1. The molecule has 1 aliphatic rings. The van der Waals surface area contributed by atoms with E-state index in [0.29, 0.717) is 12.0 Å². The van der Waals surface area contributed by atoms with Crippen molar-refractivity contribution >= 4 is 12.1 Å². The van der Waals surface area contributed by atoms with Crippen LogP contribution in [0.3, 0.4) is 0 Å². The van der Waals surface area contributed by atoms with Crippen molar-refractivity contribution in [1.82, 2.24) is 4.90 Å². The Morgan fingerprint density at radius 1 is 1.39 bits per heavy atom. The highest BCUT2D eigenvalue weighted by Gasteiger charge is 2.45. The van der Waals surface area contributed by atoms with Crippen LogP contribution in [-0.2, 0) is 14.3 Å². The maximum Gasteiger partial charge on any atom is 0.411 e. The van der Waals surface area contributed by atoms with Gasteiger partial charge < -0.3 is 14.6 Å². The molecule has 0 aliphatic carbocycles. The number of ether oxygens (including phenoxy) is 2. The van der Waals surface area contributed by atoms with Crippen LogP contribution in [0.4, 0.5) is 4.79 Å². The number of hydrogen-bond acceptors (Lipinski definition) is 5. The third-order valence-corrected chi connectivity index (χ3v) is 3.23. The zero-order valence-corrected chi connectivity index (χ0v) is 15.0. The zero-order chi connectivity index (χ0) is 17.8. The first-order valence-corrected chi connectivity index (χ1v) is 8.11. The number of esters is 1. The first-order chi connectivity index (χ1) is 10.6. The van der Waals surface area contributed by atoms with Gasteiger partial charge in [-0.1, -0.05) is 26.8 Å². The van der Waals surface area contributed by atoms with E-state index in [1.807, 2.05) is 20.8 Å². The second kappa shape index (κ2) is 7.81. The second-order valence-electron chi connectivity index (χ2n) is 7.19. The molecule has 0 aromatic rings. The Morgan fingerprint density at radius 2 is 2.00 bits per heavy atom. The van der Waals surface area contributed by atoms with Gasteiger partial charge in [0.15, 0.2) is 6.04 Å². The molecular weight excluding hydrogens is 298 g/mol. The fourth-order valence-corrected chi connectivity index (χ4v) is 2.33. The Bertz CT molecular complexity index is 464. The molecular formula is C17H29NO5. The van der Waals surface area contributed by atoms with Gasteiger partial charge in [0.2, 0.25) is 0 Å². The lowest BCUT2D eigenvalue weighted by atomic mass is 10.0. The monoisotopic (exact) mass is 327 g/mol. The SMILES string of the molecule is CC/C=C1\[C@@H](C(=O)OCC(C)C)N(C(=O)OC(C)(C)C)C[C@@H]1O. The van der Waals surface area contributed by atoms with Crippen molar-refractivity contribution in [2.45, 2.75) is 65.7 Å². The van der Waals surface area contributed by atoms with Crippen molar-refractivity contribution in [2.75, 3.05) is 13.2 Å². The van der Waals surface area contributed by atoms with Gasteiger partial charge in [-0.15, -0.1) is 0 Å². The number of aliphatic hydroxyl groups excluding tert-OH is 1. The Balaban J connectivity index is 3.00. The molecule has 0 radical (unpaired) electrons. The maximum atomic E-state index is 12.4. The number of amides is 1. The summed E-state index contributed by atoms with van der Waals surface area (Å²) in [4.78, 5) is 26.1. The highest BCUT2D eigenvalue weighted by molar-refractivity contribution is 5.86. The number of carbonyl (C=O) groups is 2. The third kappa shape index (κ3) is 5.53. The molecule has 1 amide bonds. The normalized spacial score (nSPS) is 23.5. The minimum Gasteiger partial charge on any atom is -0.464 e. The molecule has 2 atom stereocenters. The van der Waals surface area contributed by atoms with Crippen molar-refractivity contribution < 1.29 is 24.2 Å². The largest absolute Gasteiger partial charge is 0.464 e. The minimum absolute atomic E-state index is 0.0300. The minimum atomic E-state index is -0.918. The average Bonchev–Trinajstić information content (AvgIpc) is 2.72. The Labute approximate surface area is 138 Å². The van der Waals surface area contributed by atoms with Gasteiger partial charge in [-0.25, -0.2) is 9.59 Å². The van der Waals surface area contributed by atoms with E-state index in [9.17, 15) is 14.7 Å². The predicted octanol–water partition coefficient (Wildman–Crippen LogP) is 2.50. The molecule has 1 saturated heterocycles. The van der Waals surface area contributed by atoms with Crippen LogP contribution in [0.15, 0.2) is 11.6 Å². The number of aliphatic hydroxyl groups is 1. The van der Waals surface area contributed by atoms with Gasteiger partial charge in [0.05, 0.1) is 19.3 Å². The lowest BCUT2D eigenvalue weighted by molar-refractivity contribution is -0.148. The molecule has 0 aromatic heterocycles. The van der Waals surface area contributed by atoms with Crippen LogP contribution in [0.2, 0.25) is 0 Å². The predicted molar refractivity (Wildman–Crippen MR) is 86.9 cm³/mol. The number of rotatable bonds is 4. The molecule has 0 spiro atoms. The van der Waals surface area contributed by atoms with Crippen LogP contribution in [0.5, 0.6) is 0 Å². The lowest BCUT2D eigenvalue weighted by Gasteiger charge is -2.27. The molecule has 6 heteroatoms. The van der Waals surface area contributed by atoms with Crippen LogP contribution in [0.1, 0.15) is 48.0 Å². The number of nitrogens with zero attached hydrogens (tertiary/aromatic N) is 1. The Morgan fingerprint density at radius 3 is 2.48 bits per heavy atom. The smallest absolute Gasteiger partial charge is 0.411 e. The molecule has 1 rings (SSSR count). The van der Waals surface area contributed by atoms with Crippen molar-refractivity contribution in [2.24, 2.45) is 5.92 Å². The van der Waals surface area contributed by atoms with Gasteiger partial charge in [0, 0.05) is 0 Å². The van der Waals surface area contributed by atoms with Gasteiger partial charge in [0.25, 0.3) is 0 Å². The standard InChI is InChI=1S/C17H29NO5/c1-7-8-12-13(19)9-18(16(21)23-17(4,5)6)14(12)15(20)22-10-11(2)3/h8,11,13-14,19H,7,9-10H2,1-6H3/b12-8-/t13-,14-/m0/s1. The first-order valence-electron chi connectivity index (χ1n) is 8.11.